The molecule has 2 fully saturated rings. The largest absolute Gasteiger partial charge is 0.487 e. The average Bonchev–Trinajstić information content (AvgIpc) is 3.49. The summed E-state index contributed by atoms with van der Waals surface area (Å²) in [4.78, 5) is 19.5. The first kappa shape index (κ1) is 31.3. The van der Waals surface area contributed by atoms with Crippen LogP contribution in [0.4, 0.5) is 0 Å². The second kappa shape index (κ2) is 13.3. The molecule has 230 valence electrons. The molecule has 0 aliphatic carbocycles. The molecular formula is C30H36Cl2N6O4S. The molecule has 0 radical (unpaired) electrons. The molecule has 1 aromatic heterocycles. The predicted octanol–water partition coefficient (Wildman–Crippen LogP) is 4.69. The SMILES string of the molecule is Cc1ccc2cccc(OCc3c(Cl)ccc(S(=O)(=O)N4CCC[C@H]4C(=O)NCCC4CCN(C(=N)N)CC4)c3Cl)c2n1. The van der Waals surface area contributed by atoms with Gasteiger partial charge in [-0.15, -0.1) is 0 Å². The number of piperidine rings is 1. The summed E-state index contributed by atoms with van der Waals surface area (Å²) >= 11 is 13.2. The standard InChI is InChI=1S/C30H36Cl2N6O4S/c1-19-7-8-21-4-2-6-25(28(21)36-19)42-18-22-23(31)9-10-26(27(22)32)43(40,41)38-15-3-5-24(38)29(39)35-14-11-20-12-16-37(17-13-20)30(33)34/h2,4,6-10,20,24H,3,5,11-18H2,1H3,(H3,33,34)(H,35,39)/t24-/m0/s1. The van der Waals surface area contributed by atoms with Crippen molar-refractivity contribution in [2.24, 2.45) is 11.7 Å². The summed E-state index contributed by atoms with van der Waals surface area (Å²) in [5.74, 6) is 0.727. The third kappa shape index (κ3) is 6.85. The van der Waals surface area contributed by atoms with Gasteiger partial charge in [0.05, 0.1) is 5.02 Å². The second-order valence-electron chi connectivity index (χ2n) is 11.1. The summed E-state index contributed by atoms with van der Waals surface area (Å²) < 4.78 is 35.0. The Balaban J connectivity index is 1.26. The van der Waals surface area contributed by atoms with E-state index in [1.54, 1.807) is 6.07 Å². The number of aromatic nitrogens is 1. The van der Waals surface area contributed by atoms with Crippen molar-refractivity contribution in [1.29, 1.82) is 5.41 Å². The van der Waals surface area contributed by atoms with Crippen molar-refractivity contribution in [2.45, 2.75) is 56.6 Å². The molecule has 5 rings (SSSR count). The van der Waals surface area contributed by atoms with E-state index in [0.29, 0.717) is 42.1 Å². The number of pyridine rings is 1. The highest BCUT2D eigenvalue weighted by Gasteiger charge is 2.40. The highest BCUT2D eigenvalue weighted by atomic mass is 35.5. The van der Waals surface area contributed by atoms with Gasteiger partial charge in [-0.25, -0.2) is 13.4 Å². The van der Waals surface area contributed by atoms with Crippen molar-refractivity contribution in [3.8, 4) is 5.75 Å². The molecule has 2 aromatic carbocycles. The first-order valence-corrected chi connectivity index (χ1v) is 16.6. The highest BCUT2D eigenvalue weighted by Crippen LogP contribution is 2.36. The van der Waals surface area contributed by atoms with Crippen LogP contribution in [0, 0.1) is 18.3 Å². The molecule has 0 spiro atoms. The summed E-state index contributed by atoms with van der Waals surface area (Å²) in [6.07, 6.45) is 3.58. The Bertz CT molecular complexity index is 1630. The van der Waals surface area contributed by atoms with Gasteiger partial charge in [0.1, 0.15) is 28.8 Å². The molecule has 2 saturated heterocycles. The van der Waals surface area contributed by atoms with Crippen LogP contribution < -0.4 is 15.8 Å². The van der Waals surface area contributed by atoms with Crippen LogP contribution in [0.2, 0.25) is 10.0 Å². The molecule has 2 aliphatic rings. The fourth-order valence-corrected chi connectivity index (χ4v) is 8.31. The minimum atomic E-state index is -4.11. The topological polar surface area (TPSA) is 142 Å². The number of rotatable bonds is 9. The molecule has 43 heavy (non-hydrogen) atoms. The van der Waals surface area contributed by atoms with Crippen molar-refractivity contribution in [1.82, 2.24) is 19.5 Å². The van der Waals surface area contributed by atoms with Gasteiger partial charge in [-0.05, 0) is 69.2 Å². The van der Waals surface area contributed by atoms with E-state index in [1.807, 2.05) is 36.1 Å². The maximum Gasteiger partial charge on any atom is 0.245 e. The fourth-order valence-electron chi connectivity index (χ4n) is 5.79. The number of nitrogens with one attached hydrogen (secondary N) is 2. The summed E-state index contributed by atoms with van der Waals surface area (Å²) in [6, 6.07) is 11.5. The Morgan fingerprint density at radius 1 is 1.12 bits per heavy atom. The van der Waals surface area contributed by atoms with Crippen molar-refractivity contribution < 1.29 is 17.9 Å². The van der Waals surface area contributed by atoms with E-state index in [4.69, 9.17) is 39.1 Å². The number of nitrogens with two attached hydrogens (primary N) is 1. The van der Waals surface area contributed by atoms with Gasteiger partial charge >= 0.3 is 0 Å². The van der Waals surface area contributed by atoms with E-state index in [-0.39, 0.29) is 40.0 Å². The number of carbonyl (C=O) groups excluding carboxylic acids is 1. The number of hydrogen-bond acceptors (Lipinski definition) is 6. The number of hydrogen-bond donors (Lipinski definition) is 3. The second-order valence-corrected chi connectivity index (χ2v) is 13.7. The predicted molar refractivity (Wildman–Crippen MR) is 168 cm³/mol. The molecule has 1 atom stereocenters. The molecule has 4 N–H and O–H groups in total. The smallest absolute Gasteiger partial charge is 0.245 e. The lowest BCUT2D eigenvalue weighted by atomic mass is 9.93. The van der Waals surface area contributed by atoms with E-state index in [1.165, 1.54) is 16.4 Å². The molecular weight excluding hydrogens is 611 g/mol. The first-order valence-electron chi connectivity index (χ1n) is 14.4. The number of amides is 1. The number of fused-ring (bicyclic) bond motifs is 1. The molecule has 0 unspecified atom stereocenters. The summed E-state index contributed by atoms with van der Waals surface area (Å²) in [5.41, 5.74) is 7.44. The van der Waals surface area contributed by atoms with Crippen LogP contribution in [0.15, 0.2) is 47.4 Å². The third-order valence-electron chi connectivity index (χ3n) is 8.25. The highest BCUT2D eigenvalue weighted by molar-refractivity contribution is 7.89. The maximum atomic E-state index is 13.9. The number of halogens is 2. The molecule has 10 nitrogen and oxygen atoms in total. The Hall–Kier alpha value is -3.12. The number of aryl methyl sites for hydroxylation is 1. The van der Waals surface area contributed by atoms with Crippen LogP contribution in [-0.2, 0) is 21.4 Å². The van der Waals surface area contributed by atoms with Crippen molar-refractivity contribution in [3.05, 3.63) is 63.8 Å². The lowest BCUT2D eigenvalue weighted by molar-refractivity contribution is -0.124. The van der Waals surface area contributed by atoms with Crippen LogP contribution >= 0.6 is 23.2 Å². The van der Waals surface area contributed by atoms with Crippen molar-refractivity contribution in [3.63, 3.8) is 0 Å². The van der Waals surface area contributed by atoms with Crippen molar-refractivity contribution in [2.75, 3.05) is 26.2 Å². The molecule has 0 bridgehead atoms. The summed E-state index contributed by atoms with van der Waals surface area (Å²) in [5, 5.41) is 11.7. The fraction of sp³-hybridized carbons (Fsp3) is 0.433. The van der Waals surface area contributed by atoms with Gasteiger partial charge in [0.25, 0.3) is 0 Å². The molecule has 3 heterocycles. The van der Waals surface area contributed by atoms with E-state index in [0.717, 1.165) is 43.4 Å². The van der Waals surface area contributed by atoms with Crippen LogP contribution in [0.25, 0.3) is 10.9 Å². The van der Waals surface area contributed by atoms with Gasteiger partial charge < -0.3 is 20.7 Å². The molecule has 0 saturated carbocycles. The lowest BCUT2D eigenvalue weighted by Gasteiger charge is -2.32. The quantitative estimate of drug-likeness (QED) is 0.226. The Kier molecular flexibility index (Phi) is 9.65. The van der Waals surface area contributed by atoms with Crippen LogP contribution in [-0.4, -0.2) is 66.7 Å². The molecule has 3 aromatic rings. The van der Waals surface area contributed by atoms with Gasteiger partial charge in [-0.1, -0.05) is 41.4 Å². The van der Waals surface area contributed by atoms with Crippen LogP contribution in [0.1, 0.15) is 43.4 Å². The monoisotopic (exact) mass is 646 g/mol. The van der Waals surface area contributed by atoms with Gasteiger partial charge in [0.15, 0.2) is 5.96 Å². The molecule has 1 amide bonds. The number of likely N-dealkylation sites (tertiary alicyclic amines) is 1. The van der Waals surface area contributed by atoms with Gasteiger partial charge in [0.2, 0.25) is 15.9 Å². The molecule has 2 aliphatic heterocycles. The normalized spacial score (nSPS) is 18.2. The minimum absolute atomic E-state index is 0.0279. The number of carbonyl (C=O) groups is 1. The third-order valence-corrected chi connectivity index (χ3v) is 11.1. The Labute approximate surface area is 262 Å². The number of nitrogens with zero attached hydrogens (tertiary/aromatic N) is 3. The van der Waals surface area contributed by atoms with E-state index < -0.39 is 16.1 Å². The number of ether oxygens (including phenoxy) is 1. The Morgan fingerprint density at radius 3 is 2.63 bits per heavy atom. The van der Waals surface area contributed by atoms with Gasteiger partial charge in [-0.2, -0.15) is 4.31 Å². The number of sulfonamides is 1. The van der Waals surface area contributed by atoms with Gasteiger partial charge in [0, 0.05) is 47.8 Å². The van der Waals surface area contributed by atoms with Crippen molar-refractivity contribution >= 4 is 56.0 Å². The number of guanidine groups is 1. The zero-order chi connectivity index (χ0) is 30.7. The molecule has 13 heteroatoms. The van der Waals surface area contributed by atoms with E-state index >= 15 is 0 Å². The lowest BCUT2D eigenvalue weighted by Crippen LogP contribution is -2.46. The minimum Gasteiger partial charge on any atom is -0.487 e. The summed E-state index contributed by atoms with van der Waals surface area (Å²) in [6.45, 7) is 3.97. The maximum absolute atomic E-state index is 13.9. The number of benzene rings is 2. The zero-order valence-electron chi connectivity index (χ0n) is 24.0. The van der Waals surface area contributed by atoms with E-state index in [9.17, 15) is 13.2 Å². The summed E-state index contributed by atoms with van der Waals surface area (Å²) in [7, 11) is -4.11. The zero-order valence-corrected chi connectivity index (χ0v) is 26.3. The van der Waals surface area contributed by atoms with Gasteiger partial charge in [-0.3, -0.25) is 10.2 Å². The average molecular weight is 648 g/mol. The van der Waals surface area contributed by atoms with E-state index in [2.05, 4.69) is 10.3 Å². The number of para-hydroxylation sites is 1. The van der Waals surface area contributed by atoms with Crippen LogP contribution in [0.5, 0.6) is 5.75 Å². The first-order chi connectivity index (χ1) is 20.6. The van der Waals surface area contributed by atoms with Crippen LogP contribution in [0.3, 0.4) is 0 Å². The Morgan fingerprint density at radius 2 is 1.88 bits per heavy atom.